The second-order valence-electron chi connectivity index (χ2n) is 6.99. The molecular formula is C22H30N6OS. The van der Waals surface area contributed by atoms with Gasteiger partial charge in [-0.15, -0.1) is 21.5 Å². The summed E-state index contributed by atoms with van der Waals surface area (Å²) in [6, 6.07) is 12.5. The molecule has 2 heterocycles. The van der Waals surface area contributed by atoms with Crippen molar-refractivity contribution < 1.29 is 4.74 Å². The summed E-state index contributed by atoms with van der Waals surface area (Å²) in [5.41, 5.74) is 1.25. The van der Waals surface area contributed by atoms with Gasteiger partial charge in [0.1, 0.15) is 18.1 Å². The molecule has 3 rings (SSSR count). The van der Waals surface area contributed by atoms with Gasteiger partial charge in [-0.3, -0.25) is 0 Å². The van der Waals surface area contributed by atoms with Crippen LogP contribution < -0.4 is 15.4 Å². The largest absolute Gasteiger partial charge is 0.497 e. The molecule has 0 radical (unpaired) electrons. The van der Waals surface area contributed by atoms with Crippen LogP contribution in [-0.4, -0.2) is 34.4 Å². The van der Waals surface area contributed by atoms with Gasteiger partial charge < -0.3 is 19.9 Å². The molecule has 0 bridgehead atoms. The molecule has 8 heteroatoms. The van der Waals surface area contributed by atoms with Crippen LogP contribution in [0.2, 0.25) is 0 Å². The summed E-state index contributed by atoms with van der Waals surface area (Å²) >= 11 is 1.84. The number of ether oxygens (including phenoxy) is 1. The fourth-order valence-electron chi connectivity index (χ4n) is 2.91. The van der Waals surface area contributed by atoms with Crippen molar-refractivity contribution in [2.45, 2.75) is 39.8 Å². The van der Waals surface area contributed by atoms with Gasteiger partial charge in [0.05, 0.1) is 13.7 Å². The summed E-state index contributed by atoms with van der Waals surface area (Å²) in [4.78, 5) is 7.42. The number of hydrogen-bond donors (Lipinski definition) is 2. The minimum atomic E-state index is 0.472. The Balaban J connectivity index is 1.61. The Kier molecular flexibility index (Phi) is 7.84. The normalized spacial score (nSPS) is 11.5. The highest BCUT2D eigenvalue weighted by molar-refractivity contribution is 7.11. The Hall–Kier alpha value is -2.87. The Morgan fingerprint density at radius 3 is 2.50 bits per heavy atom. The van der Waals surface area contributed by atoms with Gasteiger partial charge in [-0.2, -0.15) is 0 Å². The van der Waals surface area contributed by atoms with E-state index in [2.05, 4.69) is 52.0 Å². The number of rotatable bonds is 9. The van der Waals surface area contributed by atoms with Gasteiger partial charge in [0.2, 0.25) is 0 Å². The molecule has 0 fully saturated rings. The van der Waals surface area contributed by atoms with Crippen molar-refractivity contribution in [2.24, 2.45) is 12.0 Å². The Morgan fingerprint density at radius 1 is 1.10 bits per heavy atom. The van der Waals surface area contributed by atoms with Crippen LogP contribution in [0.25, 0.3) is 0 Å². The summed E-state index contributed by atoms with van der Waals surface area (Å²) in [5, 5.41) is 15.2. The van der Waals surface area contributed by atoms with E-state index in [1.807, 2.05) is 42.0 Å². The van der Waals surface area contributed by atoms with Crippen molar-refractivity contribution >= 4 is 17.3 Å². The van der Waals surface area contributed by atoms with Crippen LogP contribution in [0.4, 0.5) is 0 Å². The van der Waals surface area contributed by atoms with E-state index in [-0.39, 0.29) is 0 Å². The molecule has 0 aliphatic heterocycles. The molecule has 160 valence electrons. The van der Waals surface area contributed by atoms with Crippen molar-refractivity contribution in [1.29, 1.82) is 0 Å². The first-order valence-electron chi connectivity index (χ1n) is 10.2. The lowest BCUT2D eigenvalue weighted by Crippen LogP contribution is -2.38. The lowest BCUT2D eigenvalue weighted by molar-refractivity contribution is 0.414. The average molecular weight is 427 g/mol. The molecule has 1 aromatic carbocycles. The molecule has 0 amide bonds. The third-order valence-corrected chi connectivity index (χ3v) is 6.15. The van der Waals surface area contributed by atoms with Crippen LogP contribution in [0, 0.1) is 6.92 Å². The standard InChI is InChI=1S/C22H30N6OS/c1-5-19-10-11-20(30-19)14-24-22(25-15-21-27-26-16(2)28(21)3)23-13-12-17-6-8-18(29-4)9-7-17/h6-11H,5,12-15H2,1-4H3,(H2,23,24,25). The molecule has 7 nitrogen and oxygen atoms in total. The highest BCUT2D eigenvalue weighted by Gasteiger charge is 2.06. The second-order valence-corrected chi connectivity index (χ2v) is 8.24. The summed E-state index contributed by atoms with van der Waals surface area (Å²) in [6.07, 6.45) is 1.96. The first-order chi connectivity index (χ1) is 14.6. The number of guanidine groups is 1. The number of thiophene rings is 1. The van der Waals surface area contributed by atoms with Gasteiger partial charge in [-0.25, -0.2) is 4.99 Å². The molecule has 30 heavy (non-hydrogen) atoms. The maximum atomic E-state index is 5.22. The fraction of sp³-hybridized carbons (Fsp3) is 0.409. The highest BCUT2D eigenvalue weighted by atomic mass is 32.1. The number of aryl methyl sites for hydroxylation is 2. The van der Waals surface area contributed by atoms with E-state index in [0.29, 0.717) is 6.54 Å². The first kappa shape index (κ1) is 21.8. The summed E-state index contributed by atoms with van der Waals surface area (Å²) < 4.78 is 7.19. The molecule has 0 saturated heterocycles. The van der Waals surface area contributed by atoms with Crippen molar-refractivity contribution in [3.63, 3.8) is 0 Å². The minimum Gasteiger partial charge on any atom is -0.497 e. The van der Waals surface area contributed by atoms with Crippen LogP contribution in [0.3, 0.4) is 0 Å². The highest BCUT2D eigenvalue weighted by Crippen LogP contribution is 2.16. The fourth-order valence-corrected chi connectivity index (χ4v) is 3.81. The molecule has 2 aromatic heterocycles. The number of methoxy groups -OCH3 is 1. The molecule has 0 atom stereocenters. The van der Waals surface area contributed by atoms with E-state index >= 15 is 0 Å². The number of nitrogens with zero attached hydrogens (tertiary/aromatic N) is 4. The zero-order valence-electron chi connectivity index (χ0n) is 18.1. The zero-order chi connectivity index (χ0) is 21.3. The topological polar surface area (TPSA) is 76.4 Å². The Bertz CT molecular complexity index is 960. The van der Waals surface area contributed by atoms with Crippen LogP contribution in [-0.2, 0) is 33.0 Å². The third kappa shape index (κ3) is 6.06. The van der Waals surface area contributed by atoms with Crippen LogP contribution in [0.1, 0.15) is 33.9 Å². The monoisotopic (exact) mass is 426 g/mol. The van der Waals surface area contributed by atoms with Gasteiger partial charge in [0.25, 0.3) is 0 Å². The van der Waals surface area contributed by atoms with E-state index < -0.39 is 0 Å². The van der Waals surface area contributed by atoms with Crippen molar-refractivity contribution in [2.75, 3.05) is 13.7 Å². The molecule has 0 aliphatic carbocycles. The minimum absolute atomic E-state index is 0.472. The Morgan fingerprint density at radius 2 is 1.87 bits per heavy atom. The summed E-state index contributed by atoms with van der Waals surface area (Å²) in [6.45, 7) is 6.12. The summed E-state index contributed by atoms with van der Waals surface area (Å²) in [7, 11) is 3.64. The van der Waals surface area contributed by atoms with Gasteiger partial charge >= 0.3 is 0 Å². The van der Waals surface area contributed by atoms with Gasteiger partial charge in [0.15, 0.2) is 11.8 Å². The second kappa shape index (κ2) is 10.8. The van der Waals surface area contributed by atoms with Gasteiger partial charge in [-0.1, -0.05) is 19.1 Å². The third-order valence-electron chi connectivity index (χ3n) is 4.92. The summed E-state index contributed by atoms with van der Waals surface area (Å²) in [5.74, 6) is 3.37. The molecule has 0 aliphatic rings. The van der Waals surface area contributed by atoms with E-state index in [0.717, 1.165) is 49.3 Å². The molecule has 3 aromatic rings. The maximum Gasteiger partial charge on any atom is 0.192 e. The predicted octanol–water partition coefficient (Wildman–Crippen LogP) is 3.23. The number of benzene rings is 1. The molecule has 2 N–H and O–H groups in total. The molecular weight excluding hydrogens is 396 g/mol. The number of aliphatic imine (C=N–C) groups is 1. The SMILES string of the molecule is CCc1ccc(CNC(=NCc2nnc(C)n2C)NCCc2ccc(OC)cc2)s1. The van der Waals surface area contributed by atoms with Crippen LogP contribution in [0.5, 0.6) is 5.75 Å². The van der Waals surface area contributed by atoms with Crippen molar-refractivity contribution in [3.8, 4) is 5.75 Å². The molecule has 0 saturated carbocycles. The lowest BCUT2D eigenvalue weighted by Gasteiger charge is -2.12. The predicted molar refractivity (Wildman–Crippen MR) is 122 cm³/mol. The van der Waals surface area contributed by atoms with Gasteiger partial charge in [-0.05, 0) is 49.6 Å². The number of hydrogen-bond acceptors (Lipinski definition) is 5. The van der Waals surface area contributed by atoms with Crippen LogP contribution >= 0.6 is 11.3 Å². The lowest BCUT2D eigenvalue weighted by atomic mass is 10.1. The van der Waals surface area contributed by atoms with E-state index in [4.69, 9.17) is 9.73 Å². The first-order valence-corrected chi connectivity index (χ1v) is 11.0. The van der Waals surface area contributed by atoms with E-state index in [1.165, 1.54) is 15.3 Å². The van der Waals surface area contributed by atoms with Crippen molar-refractivity contribution in [1.82, 2.24) is 25.4 Å². The maximum absolute atomic E-state index is 5.22. The molecule has 0 spiro atoms. The molecule has 0 unspecified atom stereocenters. The quantitative estimate of drug-likeness (QED) is 0.406. The van der Waals surface area contributed by atoms with E-state index in [9.17, 15) is 0 Å². The number of aromatic nitrogens is 3. The van der Waals surface area contributed by atoms with Gasteiger partial charge in [0, 0.05) is 23.3 Å². The van der Waals surface area contributed by atoms with Crippen molar-refractivity contribution in [3.05, 3.63) is 63.4 Å². The average Bonchev–Trinajstić information content (AvgIpc) is 3.37. The number of nitrogens with one attached hydrogen (secondary N) is 2. The smallest absolute Gasteiger partial charge is 0.192 e. The van der Waals surface area contributed by atoms with Crippen LogP contribution in [0.15, 0.2) is 41.4 Å². The zero-order valence-corrected chi connectivity index (χ0v) is 18.9. The Labute approximate surface area is 182 Å². The van der Waals surface area contributed by atoms with E-state index in [1.54, 1.807) is 7.11 Å².